The van der Waals surface area contributed by atoms with E-state index in [-0.39, 0.29) is 11.8 Å². The van der Waals surface area contributed by atoms with E-state index in [0.717, 1.165) is 28.3 Å². The number of carbonyl (C=O) groups excluding carboxylic acids is 2. The summed E-state index contributed by atoms with van der Waals surface area (Å²) in [5.41, 5.74) is 3.31. The smallest absolute Gasteiger partial charge is 0.254 e. The van der Waals surface area contributed by atoms with Crippen molar-refractivity contribution in [1.29, 1.82) is 0 Å². The van der Waals surface area contributed by atoms with Crippen LogP contribution in [0.15, 0.2) is 59.0 Å². The van der Waals surface area contributed by atoms with Gasteiger partial charge in [0.05, 0.1) is 7.11 Å². The van der Waals surface area contributed by atoms with Crippen molar-refractivity contribution in [2.24, 2.45) is 0 Å². The molecule has 0 bridgehead atoms. The van der Waals surface area contributed by atoms with Crippen LogP contribution in [-0.4, -0.2) is 30.4 Å². The van der Waals surface area contributed by atoms with Gasteiger partial charge in [0.25, 0.3) is 5.91 Å². The second-order valence-corrected chi connectivity index (χ2v) is 7.03. The number of furan rings is 1. The minimum Gasteiger partial charge on any atom is -0.497 e. The predicted molar refractivity (Wildman–Crippen MR) is 110 cm³/mol. The molecule has 0 saturated carbocycles. The van der Waals surface area contributed by atoms with Crippen LogP contribution in [0.3, 0.4) is 0 Å². The maximum atomic E-state index is 12.9. The van der Waals surface area contributed by atoms with Crippen molar-refractivity contribution < 1.29 is 18.7 Å². The second-order valence-electron chi connectivity index (χ2n) is 7.03. The zero-order valence-electron chi connectivity index (χ0n) is 16.4. The Morgan fingerprint density at radius 2 is 1.90 bits per heavy atom. The third kappa shape index (κ3) is 4.01. The molecule has 148 valence electrons. The number of hydrogen-bond acceptors (Lipinski definition) is 4. The van der Waals surface area contributed by atoms with Crippen molar-refractivity contribution in [1.82, 2.24) is 4.90 Å². The molecule has 6 nitrogen and oxygen atoms in total. The largest absolute Gasteiger partial charge is 0.497 e. The quantitative estimate of drug-likeness (QED) is 0.728. The highest BCUT2D eigenvalue weighted by molar-refractivity contribution is 5.94. The average molecular weight is 390 g/mol. The Labute approximate surface area is 169 Å². The molecule has 2 aromatic carbocycles. The molecule has 4 rings (SSSR count). The first-order valence-corrected chi connectivity index (χ1v) is 9.46. The number of anilines is 1. The van der Waals surface area contributed by atoms with E-state index in [1.165, 1.54) is 6.92 Å². The number of hydrogen-bond donors (Lipinski definition) is 1. The minimum absolute atomic E-state index is 0.0167. The standard InChI is InChI=1S/C23H22N2O4/c1-15(26)24-19-8-6-16(7-9-19)22-13-18-14-25(11-10-21(18)29-22)23(27)17-4-3-5-20(12-17)28-2/h3-9,12-13H,10-11,14H2,1-2H3,(H,24,26). The Bertz CT molecular complexity index is 1050. The summed E-state index contributed by atoms with van der Waals surface area (Å²) >= 11 is 0. The maximum absolute atomic E-state index is 12.9. The molecule has 0 aliphatic carbocycles. The lowest BCUT2D eigenvalue weighted by atomic mass is 10.1. The van der Waals surface area contributed by atoms with Crippen LogP contribution in [-0.2, 0) is 17.8 Å². The molecule has 0 unspecified atom stereocenters. The zero-order chi connectivity index (χ0) is 20.4. The van der Waals surface area contributed by atoms with Crippen LogP contribution in [0.25, 0.3) is 11.3 Å². The van der Waals surface area contributed by atoms with Crippen LogP contribution in [0.1, 0.15) is 28.6 Å². The zero-order valence-corrected chi connectivity index (χ0v) is 16.4. The number of amides is 2. The Morgan fingerprint density at radius 1 is 1.10 bits per heavy atom. The number of benzene rings is 2. The summed E-state index contributed by atoms with van der Waals surface area (Å²) in [6.07, 6.45) is 0.676. The van der Waals surface area contributed by atoms with E-state index in [4.69, 9.17) is 9.15 Å². The van der Waals surface area contributed by atoms with Gasteiger partial charge in [0.15, 0.2) is 0 Å². The Kier molecular flexibility index (Phi) is 5.08. The normalized spacial score (nSPS) is 13.0. The molecule has 0 spiro atoms. The van der Waals surface area contributed by atoms with Crippen molar-refractivity contribution >= 4 is 17.5 Å². The summed E-state index contributed by atoms with van der Waals surface area (Å²) in [6.45, 7) is 2.60. The van der Waals surface area contributed by atoms with Crippen LogP contribution in [0.4, 0.5) is 5.69 Å². The molecule has 0 radical (unpaired) electrons. The van der Waals surface area contributed by atoms with Gasteiger partial charge in [0.2, 0.25) is 5.91 Å². The Morgan fingerprint density at radius 3 is 2.62 bits per heavy atom. The van der Waals surface area contributed by atoms with E-state index in [1.54, 1.807) is 19.2 Å². The number of nitrogens with one attached hydrogen (secondary N) is 1. The summed E-state index contributed by atoms with van der Waals surface area (Å²) in [6, 6.07) is 16.7. The average Bonchev–Trinajstić information content (AvgIpc) is 3.16. The minimum atomic E-state index is -0.105. The number of rotatable bonds is 4. The van der Waals surface area contributed by atoms with Gasteiger partial charge in [0, 0.05) is 48.8 Å². The number of carbonyl (C=O) groups is 2. The molecule has 0 atom stereocenters. The van der Waals surface area contributed by atoms with E-state index in [2.05, 4.69) is 5.32 Å². The first-order valence-electron chi connectivity index (χ1n) is 9.46. The highest BCUT2D eigenvalue weighted by Gasteiger charge is 2.25. The van der Waals surface area contributed by atoms with Crippen LogP contribution in [0.2, 0.25) is 0 Å². The van der Waals surface area contributed by atoms with Gasteiger partial charge in [-0.3, -0.25) is 9.59 Å². The van der Waals surface area contributed by atoms with Crippen LogP contribution in [0.5, 0.6) is 5.75 Å². The summed E-state index contributed by atoms with van der Waals surface area (Å²) in [5, 5.41) is 2.75. The molecular formula is C23H22N2O4. The van der Waals surface area contributed by atoms with Gasteiger partial charge >= 0.3 is 0 Å². The highest BCUT2D eigenvalue weighted by Crippen LogP contribution is 2.31. The summed E-state index contributed by atoms with van der Waals surface area (Å²) in [7, 11) is 1.59. The molecular weight excluding hydrogens is 368 g/mol. The summed E-state index contributed by atoms with van der Waals surface area (Å²) in [4.78, 5) is 25.9. The summed E-state index contributed by atoms with van der Waals surface area (Å²) < 4.78 is 11.3. The second kappa shape index (κ2) is 7.83. The van der Waals surface area contributed by atoms with Crippen molar-refractivity contribution in [2.75, 3.05) is 19.0 Å². The first-order chi connectivity index (χ1) is 14.0. The van der Waals surface area contributed by atoms with Gasteiger partial charge in [-0.05, 0) is 48.5 Å². The lowest BCUT2D eigenvalue weighted by molar-refractivity contribution is -0.114. The predicted octanol–water partition coefficient (Wildman–Crippen LogP) is 4.11. The van der Waals surface area contributed by atoms with E-state index >= 15 is 0 Å². The molecule has 3 aromatic rings. The molecule has 29 heavy (non-hydrogen) atoms. The molecule has 1 N–H and O–H groups in total. The lowest BCUT2D eigenvalue weighted by Gasteiger charge is -2.26. The van der Waals surface area contributed by atoms with Crippen molar-refractivity contribution in [3.63, 3.8) is 0 Å². The number of fused-ring (bicyclic) bond motifs is 1. The topological polar surface area (TPSA) is 71.8 Å². The van der Waals surface area contributed by atoms with E-state index in [1.807, 2.05) is 47.4 Å². The van der Waals surface area contributed by atoms with Gasteiger partial charge in [-0.1, -0.05) is 6.07 Å². The fourth-order valence-electron chi connectivity index (χ4n) is 3.51. The lowest BCUT2D eigenvalue weighted by Crippen LogP contribution is -2.35. The van der Waals surface area contributed by atoms with E-state index in [0.29, 0.717) is 30.8 Å². The molecule has 2 heterocycles. The summed E-state index contributed by atoms with van der Waals surface area (Å²) in [5.74, 6) is 2.23. The molecule has 2 amide bonds. The first kappa shape index (κ1) is 18.8. The molecule has 0 saturated heterocycles. The molecule has 1 aromatic heterocycles. The fourth-order valence-corrected chi connectivity index (χ4v) is 3.51. The third-order valence-electron chi connectivity index (χ3n) is 4.96. The maximum Gasteiger partial charge on any atom is 0.254 e. The van der Waals surface area contributed by atoms with Crippen molar-refractivity contribution in [3.8, 4) is 17.1 Å². The number of nitrogens with zero attached hydrogens (tertiary/aromatic N) is 1. The third-order valence-corrected chi connectivity index (χ3v) is 4.96. The molecule has 1 aliphatic heterocycles. The Balaban J connectivity index is 1.51. The monoisotopic (exact) mass is 390 g/mol. The number of ether oxygens (including phenoxy) is 1. The molecule has 6 heteroatoms. The van der Waals surface area contributed by atoms with Crippen LogP contribution in [0, 0.1) is 0 Å². The van der Waals surface area contributed by atoms with Crippen LogP contribution >= 0.6 is 0 Å². The molecule has 0 fully saturated rings. The highest BCUT2D eigenvalue weighted by atomic mass is 16.5. The van der Waals surface area contributed by atoms with Gasteiger partial charge in [-0.2, -0.15) is 0 Å². The number of methoxy groups -OCH3 is 1. The Hall–Kier alpha value is -3.54. The van der Waals surface area contributed by atoms with Gasteiger partial charge < -0.3 is 19.4 Å². The van der Waals surface area contributed by atoms with Crippen molar-refractivity contribution in [3.05, 3.63) is 71.5 Å². The van der Waals surface area contributed by atoms with Gasteiger partial charge in [-0.15, -0.1) is 0 Å². The van der Waals surface area contributed by atoms with Crippen LogP contribution < -0.4 is 10.1 Å². The van der Waals surface area contributed by atoms with Gasteiger partial charge in [0.1, 0.15) is 17.3 Å². The van der Waals surface area contributed by atoms with Crippen molar-refractivity contribution in [2.45, 2.75) is 19.9 Å². The van der Waals surface area contributed by atoms with Gasteiger partial charge in [-0.25, -0.2) is 0 Å². The molecule has 1 aliphatic rings. The SMILES string of the molecule is COc1cccc(C(=O)N2CCc3oc(-c4ccc(NC(C)=O)cc4)cc3C2)c1. The fraction of sp³-hybridized carbons (Fsp3) is 0.217. The van der Waals surface area contributed by atoms with E-state index in [9.17, 15) is 9.59 Å². The van der Waals surface area contributed by atoms with E-state index < -0.39 is 0 Å².